The summed E-state index contributed by atoms with van der Waals surface area (Å²) in [7, 11) is 2.20. The van der Waals surface area contributed by atoms with E-state index < -0.39 is 0 Å². The molecule has 5 aliphatic heterocycles. The van der Waals surface area contributed by atoms with Gasteiger partial charge in [-0.3, -0.25) is 9.58 Å². The first-order valence-corrected chi connectivity index (χ1v) is 15.9. The zero-order chi connectivity index (χ0) is 28.8. The number of anilines is 2. The van der Waals surface area contributed by atoms with Crippen LogP contribution in [0.25, 0.3) is 11.1 Å². The third-order valence-electron chi connectivity index (χ3n) is 10.6. The summed E-state index contributed by atoms with van der Waals surface area (Å²) in [5.41, 5.74) is 10.6. The van der Waals surface area contributed by atoms with Crippen molar-refractivity contribution in [2.24, 2.45) is 11.3 Å². The van der Waals surface area contributed by atoms with Gasteiger partial charge in [0.15, 0.2) is 5.82 Å². The number of morpholine rings is 1. The van der Waals surface area contributed by atoms with Crippen molar-refractivity contribution in [3.05, 3.63) is 27.4 Å². The molecule has 8 nitrogen and oxygen atoms in total. The molecule has 2 bridgehead atoms. The van der Waals surface area contributed by atoms with E-state index >= 15 is 0 Å². The summed E-state index contributed by atoms with van der Waals surface area (Å²) < 4.78 is 8.13. The molecule has 6 heterocycles. The van der Waals surface area contributed by atoms with Crippen LogP contribution in [0.15, 0.2) is 6.07 Å². The number of hydrogen-bond donors (Lipinski definition) is 2. The van der Waals surface area contributed by atoms with Crippen LogP contribution < -0.4 is 10.6 Å². The number of likely N-dealkylation sites (tertiary alicyclic amines) is 1. The molecule has 5 saturated heterocycles. The fraction of sp³-hybridized carbons (Fsp3) is 0.677. The van der Waals surface area contributed by atoms with Gasteiger partial charge in [0.1, 0.15) is 0 Å². The molecule has 1 saturated carbocycles. The normalized spacial score (nSPS) is 29.2. The number of piperidine rings is 2. The highest BCUT2D eigenvalue weighted by molar-refractivity contribution is 6.44. The Morgan fingerprint density at radius 2 is 1.83 bits per heavy atom. The Labute approximate surface area is 253 Å². The van der Waals surface area contributed by atoms with Crippen LogP contribution in [0.2, 0.25) is 10.0 Å². The zero-order valence-corrected chi connectivity index (χ0v) is 26.2. The van der Waals surface area contributed by atoms with Crippen LogP contribution in [0.3, 0.4) is 0 Å². The summed E-state index contributed by atoms with van der Waals surface area (Å²) in [6.45, 7) is 13.4. The fourth-order valence-electron chi connectivity index (χ4n) is 8.91. The average Bonchev–Trinajstić information content (AvgIpc) is 3.17. The predicted octanol–water partition coefficient (Wildman–Crippen LogP) is 5.48. The van der Waals surface area contributed by atoms with Gasteiger partial charge in [-0.25, -0.2) is 0 Å². The molecule has 2 aromatic rings. The Kier molecular flexibility index (Phi) is 6.71. The topological polar surface area (TPSA) is 86.6 Å². The standard InChI is InChI=1S/C31H43Cl2N7O/c1-18-26(27-23(12-34)25(35)8-24(32)28(27)33)29(36-40(18)20-10-31(11-20)16-37(4)17-31)39-6-5-19(9-30(39,2)3)13-38-14-21-7-22(15-38)41-21/h8,12,19-22,34H,5-7,9-11,13-17,35H2,1-4H3. The number of benzene rings is 1. The van der Waals surface area contributed by atoms with Gasteiger partial charge in [0.25, 0.3) is 0 Å². The summed E-state index contributed by atoms with van der Waals surface area (Å²) in [6, 6.07) is 2.02. The molecule has 3 atom stereocenters. The number of aromatic nitrogens is 2. The molecule has 6 fully saturated rings. The molecule has 3 unspecified atom stereocenters. The van der Waals surface area contributed by atoms with Gasteiger partial charge in [0, 0.05) is 85.5 Å². The van der Waals surface area contributed by atoms with Gasteiger partial charge < -0.3 is 25.7 Å². The first-order chi connectivity index (χ1) is 19.5. The highest BCUT2D eigenvalue weighted by Gasteiger charge is 2.53. The number of nitrogens with one attached hydrogen (secondary N) is 1. The van der Waals surface area contributed by atoms with Crippen LogP contribution >= 0.6 is 23.2 Å². The van der Waals surface area contributed by atoms with Crippen molar-refractivity contribution in [3.63, 3.8) is 0 Å². The Morgan fingerprint density at radius 1 is 1.15 bits per heavy atom. The summed E-state index contributed by atoms with van der Waals surface area (Å²) >= 11 is 13.6. The number of nitrogen functional groups attached to an aromatic ring is 1. The van der Waals surface area contributed by atoms with E-state index in [0.717, 1.165) is 74.5 Å². The van der Waals surface area contributed by atoms with Crippen LogP contribution in [-0.2, 0) is 4.74 Å². The lowest BCUT2D eigenvalue weighted by Gasteiger charge is -2.58. The second-order valence-electron chi connectivity index (χ2n) is 14.3. The molecule has 0 radical (unpaired) electrons. The van der Waals surface area contributed by atoms with Crippen molar-refractivity contribution in [3.8, 4) is 11.1 Å². The molecule has 41 heavy (non-hydrogen) atoms. The van der Waals surface area contributed by atoms with E-state index in [-0.39, 0.29) is 5.54 Å². The number of nitrogens with two attached hydrogens (primary N) is 1. The number of nitrogens with zero attached hydrogens (tertiary/aromatic N) is 5. The van der Waals surface area contributed by atoms with Gasteiger partial charge >= 0.3 is 0 Å². The maximum atomic E-state index is 8.25. The van der Waals surface area contributed by atoms with Crippen molar-refractivity contribution >= 4 is 40.9 Å². The number of ether oxygens (including phenoxy) is 1. The molecule has 0 amide bonds. The van der Waals surface area contributed by atoms with Crippen LogP contribution in [0.1, 0.15) is 63.3 Å². The molecule has 3 N–H and O–H groups in total. The largest absolute Gasteiger partial charge is 0.398 e. The zero-order valence-electron chi connectivity index (χ0n) is 24.7. The average molecular weight is 601 g/mol. The molecule has 1 aliphatic carbocycles. The van der Waals surface area contributed by atoms with E-state index in [1.165, 1.54) is 25.7 Å². The Morgan fingerprint density at radius 3 is 2.44 bits per heavy atom. The van der Waals surface area contributed by atoms with Crippen LogP contribution in [-0.4, -0.2) is 89.9 Å². The van der Waals surface area contributed by atoms with E-state index in [1.807, 2.05) is 0 Å². The SMILES string of the molecule is Cc1c(-c2c(Cl)c(Cl)cc(N)c2C=N)c(N2CCC(CN3CC4CC(C3)O4)CC2(C)C)nn1C1CC2(C1)CN(C)C2. The minimum Gasteiger partial charge on any atom is -0.398 e. The molecule has 222 valence electrons. The Hall–Kier alpha value is -1.84. The second-order valence-corrected chi connectivity index (χ2v) is 15.1. The first kappa shape index (κ1) is 28.0. The van der Waals surface area contributed by atoms with E-state index in [9.17, 15) is 0 Å². The number of halogens is 2. The van der Waals surface area contributed by atoms with Crippen LogP contribution in [0.5, 0.6) is 0 Å². The van der Waals surface area contributed by atoms with Crippen molar-refractivity contribution in [2.45, 2.75) is 76.7 Å². The maximum absolute atomic E-state index is 8.25. The van der Waals surface area contributed by atoms with Crippen LogP contribution in [0, 0.1) is 23.7 Å². The highest BCUT2D eigenvalue weighted by atomic mass is 35.5. The monoisotopic (exact) mass is 599 g/mol. The molecule has 6 aliphatic rings. The minimum absolute atomic E-state index is 0.0997. The first-order valence-electron chi connectivity index (χ1n) is 15.2. The molecule has 1 aromatic heterocycles. The maximum Gasteiger partial charge on any atom is 0.159 e. The van der Waals surface area contributed by atoms with Crippen molar-refractivity contribution in [1.29, 1.82) is 5.41 Å². The summed E-state index contributed by atoms with van der Waals surface area (Å²) in [4.78, 5) is 7.52. The summed E-state index contributed by atoms with van der Waals surface area (Å²) in [6.07, 6.45) is 7.93. The number of fused-ring (bicyclic) bond motifs is 2. The number of rotatable bonds is 6. The lowest BCUT2D eigenvalue weighted by Crippen LogP contribution is -2.61. The molecule has 1 spiro atoms. The number of hydrogen-bond acceptors (Lipinski definition) is 7. The Balaban J connectivity index is 1.24. The predicted molar refractivity (Wildman–Crippen MR) is 167 cm³/mol. The third-order valence-corrected chi connectivity index (χ3v) is 11.4. The van der Waals surface area contributed by atoms with Crippen LogP contribution in [0.4, 0.5) is 11.5 Å². The lowest BCUT2D eigenvalue weighted by molar-refractivity contribution is -0.182. The van der Waals surface area contributed by atoms with Gasteiger partial charge in [-0.1, -0.05) is 23.2 Å². The summed E-state index contributed by atoms with van der Waals surface area (Å²) in [5, 5.41) is 14.5. The van der Waals surface area contributed by atoms with E-state index in [0.29, 0.717) is 50.9 Å². The fourth-order valence-corrected chi connectivity index (χ4v) is 9.37. The quantitative estimate of drug-likeness (QED) is 0.338. The van der Waals surface area contributed by atoms with Crippen molar-refractivity contribution in [2.75, 3.05) is 56.9 Å². The van der Waals surface area contributed by atoms with E-state index in [1.54, 1.807) is 6.07 Å². The molecule has 8 rings (SSSR count). The smallest absolute Gasteiger partial charge is 0.159 e. The van der Waals surface area contributed by atoms with Crippen molar-refractivity contribution in [1.82, 2.24) is 19.6 Å². The molecule has 10 heteroatoms. The second kappa shape index (κ2) is 9.84. The van der Waals surface area contributed by atoms with Gasteiger partial charge in [-0.2, -0.15) is 5.10 Å². The Bertz CT molecular complexity index is 1360. The highest BCUT2D eigenvalue weighted by Crippen LogP contribution is 2.55. The van der Waals surface area contributed by atoms with E-state index in [4.69, 9.17) is 44.2 Å². The molecular formula is C31H43Cl2N7O. The van der Waals surface area contributed by atoms with Gasteiger partial charge in [0.05, 0.1) is 28.3 Å². The minimum atomic E-state index is -0.0997. The van der Waals surface area contributed by atoms with Crippen molar-refractivity contribution < 1.29 is 4.74 Å². The molecule has 1 aromatic carbocycles. The van der Waals surface area contributed by atoms with Gasteiger partial charge in [0.2, 0.25) is 0 Å². The molecular weight excluding hydrogens is 557 g/mol. The van der Waals surface area contributed by atoms with E-state index in [2.05, 4.69) is 47.2 Å². The van der Waals surface area contributed by atoms with Gasteiger partial charge in [-0.15, -0.1) is 0 Å². The summed E-state index contributed by atoms with van der Waals surface area (Å²) in [5.74, 6) is 1.58. The van der Waals surface area contributed by atoms with Gasteiger partial charge in [-0.05, 0) is 70.9 Å². The lowest BCUT2D eigenvalue weighted by atomic mass is 9.61. The third kappa shape index (κ3) is 4.60.